The first-order valence-electron chi connectivity index (χ1n) is 34.0. The molecule has 0 atom stereocenters. The number of fused-ring (bicyclic) bond motifs is 20. The second kappa shape index (κ2) is 21.7. The molecule has 0 aliphatic heterocycles. The Kier molecular flexibility index (Phi) is 11.9. The maximum absolute atomic E-state index is 7.55. The predicted octanol–water partition coefficient (Wildman–Crippen LogP) is 23.5. The van der Waals surface area contributed by atoms with Crippen molar-refractivity contribution in [3.05, 3.63) is 303 Å². The monoisotopic (exact) mass is 1310 g/mol. The molecule has 0 fully saturated rings. The number of furan rings is 4. The van der Waals surface area contributed by atoms with Crippen molar-refractivity contribution in [1.82, 2.24) is 39.0 Å². The summed E-state index contributed by atoms with van der Waals surface area (Å²) in [4.78, 5) is 30.9. The highest BCUT2D eigenvalue weighted by Crippen LogP contribution is 2.52. The van der Waals surface area contributed by atoms with Crippen molar-refractivity contribution >= 4 is 131 Å². The van der Waals surface area contributed by atoms with Crippen LogP contribution in [0.1, 0.15) is 0 Å². The standard InChI is InChI=1S/C90H50N8O4/c1-5-23-51(24-6-1)85-91-86(52-25-7-2-8-26-52)94-89(93-85)55-45-47-70-63(49-55)78-75(99-70)50-62(84-82(78)80-69(41-22-44-73(80)102-84)97-64-36-16-13-31-56(64)57-32-14-17-37-65(57)97)58-34-19-39-67-76(58)59-33-15-18-38-66(59)98(67)68-40-21-43-72-79(68)81-74(100-72)48-46-60-77-61(35-20-42-71(77)101-83(60)81)90-95-87(53-27-9-3-10-28-53)92-88(96-90)54-29-11-4-12-30-54/h1-50H. The molecule has 0 spiro atoms. The third kappa shape index (κ3) is 8.31. The van der Waals surface area contributed by atoms with Gasteiger partial charge in [0.15, 0.2) is 34.9 Å². The average Bonchev–Trinajstić information content (AvgIpc) is 1.54. The molecular weight excluding hydrogens is 1260 g/mol. The first-order valence-corrected chi connectivity index (χ1v) is 34.0. The number of hydrogen-bond donors (Lipinski definition) is 0. The van der Waals surface area contributed by atoms with Crippen LogP contribution in [0.25, 0.3) is 222 Å². The Labute approximate surface area is 578 Å². The molecule has 0 aliphatic carbocycles. The van der Waals surface area contributed by atoms with Gasteiger partial charge in [-0.3, -0.25) is 0 Å². The minimum atomic E-state index is 0.541. The topological polar surface area (TPSA) is 140 Å². The first kappa shape index (κ1) is 56.0. The van der Waals surface area contributed by atoms with Crippen LogP contribution in [0.2, 0.25) is 0 Å². The molecule has 474 valence electrons. The van der Waals surface area contributed by atoms with Gasteiger partial charge in [0, 0.05) is 87.4 Å². The summed E-state index contributed by atoms with van der Waals surface area (Å²) < 4.78 is 33.6. The van der Waals surface area contributed by atoms with Gasteiger partial charge < -0.3 is 26.8 Å². The van der Waals surface area contributed by atoms with Crippen LogP contribution in [-0.2, 0) is 0 Å². The fourth-order valence-corrected chi connectivity index (χ4v) is 15.8. The lowest BCUT2D eigenvalue weighted by Crippen LogP contribution is -2.00. The van der Waals surface area contributed by atoms with Crippen molar-refractivity contribution in [2.45, 2.75) is 0 Å². The molecule has 0 unspecified atom stereocenters. The molecule has 22 aromatic rings. The smallest absolute Gasteiger partial charge is 0.164 e. The quantitative estimate of drug-likeness (QED) is 0.137. The van der Waals surface area contributed by atoms with Gasteiger partial charge in [0.1, 0.15) is 44.7 Å². The highest BCUT2D eigenvalue weighted by molar-refractivity contribution is 6.32. The average molecular weight is 1310 g/mol. The van der Waals surface area contributed by atoms with Crippen LogP contribution < -0.4 is 0 Å². The Morgan fingerprint density at radius 1 is 0.196 bits per heavy atom. The van der Waals surface area contributed by atoms with Crippen LogP contribution in [0, 0.1) is 0 Å². The molecule has 14 aromatic carbocycles. The lowest BCUT2D eigenvalue weighted by atomic mass is 9.94. The zero-order valence-electron chi connectivity index (χ0n) is 54.1. The van der Waals surface area contributed by atoms with Gasteiger partial charge in [-0.05, 0) is 96.6 Å². The zero-order chi connectivity index (χ0) is 66.7. The maximum Gasteiger partial charge on any atom is 0.164 e. The molecule has 0 bridgehead atoms. The SMILES string of the molecule is c1ccc(-c2nc(-c3ccccc3)nc(-c3ccc4oc5cc(-c6cccc7c6c6ccccc6n7-c6cccc7oc8ccc9c(oc%10cccc(-c%11nc(-c%12ccccc%12)nc(-c%12ccccc%12)n%11)c%109)c8c67)c6oc7cccc(-n8c9ccccc9c9ccccc98)c7c6c5c4c3)n2)cc1. The van der Waals surface area contributed by atoms with Gasteiger partial charge in [0.25, 0.3) is 0 Å². The molecule has 0 radical (unpaired) electrons. The van der Waals surface area contributed by atoms with Gasteiger partial charge in [0.2, 0.25) is 0 Å². The van der Waals surface area contributed by atoms with Crippen LogP contribution in [-0.4, -0.2) is 39.0 Å². The van der Waals surface area contributed by atoms with Crippen molar-refractivity contribution in [1.29, 1.82) is 0 Å². The molecule has 12 nitrogen and oxygen atoms in total. The van der Waals surface area contributed by atoms with Gasteiger partial charge >= 0.3 is 0 Å². The van der Waals surface area contributed by atoms with Crippen molar-refractivity contribution in [3.8, 4) is 90.8 Å². The molecule has 22 rings (SSSR count). The molecule has 0 N–H and O–H groups in total. The Morgan fingerprint density at radius 2 is 0.618 bits per heavy atom. The second-order valence-corrected chi connectivity index (χ2v) is 25.9. The van der Waals surface area contributed by atoms with Gasteiger partial charge in [-0.2, -0.15) is 0 Å². The summed E-state index contributed by atoms with van der Waals surface area (Å²) >= 11 is 0. The summed E-state index contributed by atoms with van der Waals surface area (Å²) in [5, 5.41) is 11.7. The van der Waals surface area contributed by atoms with E-state index in [1.807, 2.05) is 146 Å². The molecule has 0 saturated heterocycles. The van der Waals surface area contributed by atoms with Crippen molar-refractivity contribution in [2.24, 2.45) is 0 Å². The van der Waals surface area contributed by atoms with E-state index in [4.69, 9.17) is 47.6 Å². The van der Waals surface area contributed by atoms with E-state index in [2.05, 4.69) is 167 Å². The van der Waals surface area contributed by atoms with Crippen LogP contribution in [0.4, 0.5) is 0 Å². The number of nitrogens with zero attached hydrogens (tertiary/aromatic N) is 8. The van der Waals surface area contributed by atoms with Gasteiger partial charge in [-0.25, -0.2) is 29.9 Å². The normalized spacial score (nSPS) is 12.1. The molecule has 8 heterocycles. The van der Waals surface area contributed by atoms with Crippen LogP contribution in [0.3, 0.4) is 0 Å². The van der Waals surface area contributed by atoms with E-state index in [-0.39, 0.29) is 0 Å². The van der Waals surface area contributed by atoms with Crippen molar-refractivity contribution < 1.29 is 17.7 Å². The molecule has 12 heteroatoms. The molecule has 0 amide bonds. The summed E-state index contributed by atoms with van der Waals surface area (Å²) in [6.07, 6.45) is 0. The van der Waals surface area contributed by atoms with E-state index in [1.54, 1.807) is 0 Å². The maximum atomic E-state index is 7.55. The number of benzene rings is 14. The summed E-state index contributed by atoms with van der Waals surface area (Å²) in [6, 6.07) is 104. The van der Waals surface area contributed by atoms with E-state index in [0.29, 0.717) is 62.9 Å². The largest absolute Gasteiger partial charge is 0.456 e. The van der Waals surface area contributed by atoms with Crippen LogP contribution >= 0.6 is 0 Å². The highest BCUT2D eigenvalue weighted by atomic mass is 16.3. The number of hydrogen-bond acceptors (Lipinski definition) is 10. The summed E-state index contributed by atoms with van der Waals surface area (Å²) in [5.41, 5.74) is 18.8. The molecule has 0 saturated carbocycles. The number of rotatable bonds is 9. The van der Waals surface area contributed by atoms with E-state index in [9.17, 15) is 0 Å². The Balaban J connectivity index is 0.783. The minimum Gasteiger partial charge on any atom is -0.456 e. The third-order valence-corrected chi connectivity index (χ3v) is 20.2. The molecule has 102 heavy (non-hydrogen) atoms. The van der Waals surface area contributed by atoms with E-state index in [1.165, 1.54) is 0 Å². The Hall–Kier alpha value is -14.1. The summed E-state index contributed by atoms with van der Waals surface area (Å²) in [5.74, 6) is 3.40. The minimum absolute atomic E-state index is 0.541. The second-order valence-electron chi connectivity index (χ2n) is 25.9. The van der Waals surface area contributed by atoms with Crippen LogP contribution in [0.5, 0.6) is 0 Å². The van der Waals surface area contributed by atoms with Crippen molar-refractivity contribution in [3.63, 3.8) is 0 Å². The van der Waals surface area contributed by atoms with Crippen LogP contribution in [0.15, 0.2) is 321 Å². The number of aromatic nitrogens is 8. The lowest BCUT2D eigenvalue weighted by molar-refractivity contribution is 0.662. The van der Waals surface area contributed by atoms with Gasteiger partial charge in [-0.1, -0.05) is 212 Å². The van der Waals surface area contributed by atoms with E-state index in [0.717, 1.165) is 159 Å². The molecule has 8 aromatic heterocycles. The van der Waals surface area contributed by atoms with Crippen molar-refractivity contribution in [2.75, 3.05) is 0 Å². The van der Waals surface area contributed by atoms with Gasteiger partial charge in [0.05, 0.1) is 49.6 Å². The lowest BCUT2D eigenvalue weighted by Gasteiger charge is -2.11. The molecule has 0 aliphatic rings. The zero-order valence-corrected chi connectivity index (χ0v) is 54.1. The Morgan fingerprint density at radius 3 is 1.22 bits per heavy atom. The fraction of sp³-hybridized carbons (Fsp3) is 0. The van der Waals surface area contributed by atoms with Gasteiger partial charge in [-0.15, -0.1) is 0 Å². The fourth-order valence-electron chi connectivity index (χ4n) is 15.8. The summed E-state index contributed by atoms with van der Waals surface area (Å²) in [7, 11) is 0. The predicted molar refractivity (Wildman–Crippen MR) is 409 cm³/mol. The highest BCUT2D eigenvalue weighted by Gasteiger charge is 2.29. The van der Waals surface area contributed by atoms with E-state index < -0.39 is 0 Å². The Bertz CT molecular complexity index is 7080. The van der Waals surface area contributed by atoms with E-state index >= 15 is 0 Å². The number of para-hydroxylation sites is 3. The summed E-state index contributed by atoms with van der Waals surface area (Å²) in [6.45, 7) is 0. The third-order valence-electron chi connectivity index (χ3n) is 20.2. The molecular formula is C90H50N8O4. The first-order chi connectivity index (χ1) is 50.6.